The van der Waals surface area contributed by atoms with E-state index in [-0.39, 0.29) is 12.1 Å². The largest absolute Gasteiger partial charge is 0.471 e. The van der Waals surface area contributed by atoms with Gasteiger partial charge in [0.05, 0.1) is 12.1 Å². The molecule has 1 saturated heterocycles. The molecular weight excluding hydrogens is 375 g/mol. The van der Waals surface area contributed by atoms with E-state index in [2.05, 4.69) is 15.5 Å². The van der Waals surface area contributed by atoms with Gasteiger partial charge in [0.15, 0.2) is 5.82 Å². The average molecular weight is 395 g/mol. The van der Waals surface area contributed by atoms with Crippen molar-refractivity contribution in [2.24, 2.45) is 0 Å². The van der Waals surface area contributed by atoms with Gasteiger partial charge in [0.2, 0.25) is 5.88 Å². The first kappa shape index (κ1) is 19.7. The van der Waals surface area contributed by atoms with Gasteiger partial charge in [-0.05, 0) is 30.3 Å². The van der Waals surface area contributed by atoms with Crippen LogP contribution < -0.4 is 15.0 Å². The number of halogens is 3. The number of hydrogen-bond acceptors (Lipinski definition) is 5. The smallest absolute Gasteiger partial charge is 0.416 e. The van der Waals surface area contributed by atoms with Crippen molar-refractivity contribution < 1.29 is 22.7 Å². The maximum Gasteiger partial charge on any atom is 0.416 e. The highest BCUT2D eigenvalue weighted by atomic mass is 19.4. The van der Waals surface area contributed by atoms with Crippen LogP contribution >= 0.6 is 0 Å². The second-order valence-electron chi connectivity index (χ2n) is 6.60. The van der Waals surface area contributed by atoms with Gasteiger partial charge >= 0.3 is 12.2 Å². The maximum atomic E-state index is 12.6. The van der Waals surface area contributed by atoms with E-state index in [4.69, 9.17) is 4.74 Å². The Morgan fingerprint density at radius 2 is 1.89 bits per heavy atom. The number of carbonyl (C=O) groups is 1. The number of aromatic nitrogens is 2. The van der Waals surface area contributed by atoms with Crippen molar-refractivity contribution >= 4 is 17.5 Å². The number of ether oxygens (including phenoxy) is 1. The number of benzene rings is 1. The van der Waals surface area contributed by atoms with Gasteiger partial charge in [0.25, 0.3) is 0 Å². The van der Waals surface area contributed by atoms with Crippen LogP contribution in [0.2, 0.25) is 0 Å². The molecule has 2 aromatic rings. The van der Waals surface area contributed by atoms with Crippen LogP contribution in [0.5, 0.6) is 5.88 Å². The first-order chi connectivity index (χ1) is 13.2. The summed E-state index contributed by atoms with van der Waals surface area (Å²) in [6.07, 6.45) is -4.01. The third-order valence-electron chi connectivity index (χ3n) is 4.27. The van der Waals surface area contributed by atoms with Crippen LogP contribution in [0.25, 0.3) is 0 Å². The lowest BCUT2D eigenvalue weighted by Crippen LogP contribution is -2.34. The second kappa shape index (κ2) is 7.91. The van der Waals surface area contributed by atoms with E-state index in [0.29, 0.717) is 36.9 Å². The summed E-state index contributed by atoms with van der Waals surface area (Å²) in [6, 6.07) is 7.43. The number of hydrogen-bond donors (Lipinski definition) is 1. The van der Waals surface area contributed by atoms with Crippen LogP contribution in [0.3, 0.4) is 0 Å². The van der Waals surface area contributed by atoms with E-state index in [1.54, 1.807) is 17.0 Å². The topological polar surface area (TPSA) is 70.6 Å². The summed E-state index contributed by atoms with van der Waals surface area (Å²) in [4.78, 5) is 15.7. The maximum absolute atomic E-state index is 12.6. The number of nitrogens with one attached hydrogen (secondary N) is 1. The molecule has 150 valence electrons. The Morgan fingerprint density at radius 3 is 2.46 bits per heavy atom. The number of rotatable bonds is 4. The van der Waals surface area contributed by atoms with Crippen molar-refractivity contribution in [2.45, 2.75) is 18.7 Å². The second-order valence-corrected chi connectivity index (χ2v) is 6.60. The van der Waals surface area contributed by atoms with Gasteiger partial charge in [0, 0.05) is 38.8 Å². The minimum absolute atomic E-state index is 0.224. The highest BCUT2D eigenvalue weighted by Gasteiger charge is 2.31. The van der Waals surface area contributed by atoms with Crippen molar-refractivity contribution in [3.8, 4) is 5.88 Å². The van der Waals surface area contributed by atoms with Gasteiger partial charge in [0.1, 0.15) is 6.10 Å². The first-order valence-corrected chi connectivity index (χ1v) is 8.63. The number of anilines is 2. The summed E-state index contributed by atoms with van der Waals surface area (Å²) in [5.74, 6) is 1.08. The summed E-state index contributed by atoms with van der Waals surface area (Å²) in [7, 11) is 3.71. The Labute approximate surface area is 160 Å². The summed E-state index contributed by atoms with van der Waals surface area (Å²) in [6.45, 7) is 0.823. The number of amides is 2. The van der Waals surface area contributed by atoms with Crippen molar-refractivity contribution in [1.29, 1.82) is 0 Å². The van der Waals surface area contributed by atoms with Crippen LogP contribution in [0.1, 0.15) is 12.0 Å². The molecule has 1 atom stereocenters. The van der Waals surface area contributed by atoms with Crippen LogP contribution in [-0.2, 0) is 6.18 Å². The Balaban J connectivity index is 1.52. The van der Waals surface area contributed by atoms with Crippen LogP contribution in [0.15, 0.2) is 36.4 Å². The van der Waals surface area contributed by atoms with E-state index >= 15 is 0 Å². The molecule has 0 saturated carbocycles. The van der Waals surface area contributed by atoms with Crippen LogP contribution in [-0.4, -0.2) is 54.4 Å². The normalized spacial score (nSPS) is 16.8. The molecule has 1 N–H and O–H groups in total. The molecule has 2 amide bonds. The predicted molar refractivity (Wildman–Crippen MR) is 97.4 cm³/mol. The van der Waals surface area contributed by atoms with Crippen LogP contribution in [0, 0.1) is 0 Å². The molecule has 1 aromatic carbocycles. The molecule has 0 spiro atoms. The lowest BCUT2D eigenvalue weighted by Gasteiger charge is -2.18. The van der Waals surface area contributed by atoms with E-state index in [9.17, 15) is 18.0 Å². The molecule has 1 aromatic heterocycles. The molecule has 10 heteroatoms. The van der Waals surface area contributed by atoms with Crippen molar-refractivity contribution in [3.05, 3.63) is 42.0 Å². The van der Waals surface area contributed by atoms with Crippen molar-refractivity contribution in [3.63, 3.8) is 0 Å². The number of alkyl halides is 3. The fourth-order valence-electron chi connectivity index (χ4n) is 2.74. The summed E-state index contributed by atoms with van der Waals surface area (Å²) < 4.78 is 43.5. The summed E-state index contributed by atoms with van der Waals surface area (Å²) in [5.41, 5.74) is -0.464. The minimum Gasteiger partial charge on any atom is -0.471 e. The van der Waals surface area contributed by atoms with Gasteiger partial charge in [-0.3, -0.25) is 0 Å². The monoisotopic (exact) mass is 395 g/mol. The van der Waals surface area contributed by atoms with Gasteiger partial charge < -0.3 is 19.9 Å². The van der Waals surface area contributed by atoms with Crippen molar-refractivity contribution in [2.75, 3.05) is 37.4 Å². The number of likely N-dealkylation sites (tertiary alicyclic amines) is 1. The Bertz CT molecular complexity index is 809. The summed E-state index contributed by atoms with van der Waals surface area (Å²) in [5, 5.41) is 10.6. The van der Waals surface area contributed by atoms with Crippen LogP contribution in [0.4, 0.5) is 29.5 Å². The number of carbonyl (C=O) groups excluding carboxylic acids is 1. The molecule has 0 aliphatic carbocycles. The zero-order valence-electron chi connectivity index (χ0n) is 15.4. The number of urea groups is 1. The molecule has 3 rings (SSSR count). The highest BCUT2D eigenvalue weighted by Crippen LogP contribution is 2.30. The van der Waals surface area contributed by atoms with E-state index in [1.165, 1.54) is 12.1 Å². The molecule has 1 aliphatic rings. The first-order valence-electron chi connectivity index (χ1n) is 8.63. The van der Waals surface area contributed by atoms with Crippen molar-refractivity contribution in [1.82, 2.24) is 15.1 Å². The number of nitrogens with zero attached hydrogens (tertiary/aromatic N) is 4. The Morgan fingerprint density at radius 1 is 1.18 bits per heavy atom. The zero-order valence-corrected chi connectivity index (χ0v) is 15.4. The Kier molecular flexibility index (Phi) is 5.57. The third-order valence-corrected chi connectivity index (χ3v) is 4.27. The van der Waals surface area contributed by atoms with Gasteiger partial charge in [-0.15, -0.1) is 10.2 Å². The lowest BCUT2D eigenvalue weighted by molar-refractivity contribution is -0.137. The molecule has 0 radical (unpaired) electrons. The fraction of sp³-hybridized carbons (Fsp3) is 0.389. The van der Waals surface area contributed by atoms with E-state index in [1.807, 2.05) is 19.0 Å². The van der Waals surface area contributed by atoms with E-state index in [0.717, 1.165) is 12.1 Å². The molecule has 1 aliphatic heterocycles. The predicted octanol–water partition coefficient (Wildman–Crippen LogP) is 3.25. The molecule has 28 heavy (non-hydrogen) atoms. The molecule has 1 unspecified atom stereocenters. The zero-order chi connectivity index (χ0) is 20.3. The standard InChI is InChI=1S/C18H20F3N5O2/c1-25(2)15-7-8-16(24-23-15)28-14-9-10-26(11-14)17(27)22-13-5-3-12(4-6-13)18(19,20)21/h3-8,14H,9-11H2,1-2H3,(H,22,27). The summed E-state index contributed by atoms with van der Waals surface area (Å²) >= 11 is 0. The quantitative estimate of drug-likeness (QED) is 0.861. The van der Waals surface area contributed by atoms with E-state index < -0.39 is 11.7 Å². The van der Waals surface area contributed by atoms with Gasteiger partial charge in [-0.2, -0.15) is 13.2 Å². The van der Waals surface area contributed by atoms with Gasteiger partial charge in [-0.1, -0.05) is 0 Å². The van der Waals surface area contributed by atoms with Gasteiger partial charge in [-0.25, -0.2) is 4.79 Å². The molecule has 7 nitrogen and oxygen atoms in total. The highest BCUT2D eigenvalue weighted by molar-refractivity contribution is 5.89. The molecule has 2 heterocycles. The SMILES string of the molecule is CN(C)c1ccc(OC2CCN(C(=O)Nc3ccc(C(F)(F)F)cc3)C2)nn1. The lowest BCUT2D eigenvalue weighted by atomic mass is 10.2. The fourth-order valence-corrected chi connectivity index (χ4v) is 2.74. The average Bonchev–Trinajstić information content (AvgIpc) is 3.10. The molecule has 1 fully saturated rings. The Hall–Kier alpha value is -3.04. The third kappa shape index (κ3) is 4.81. The molecular formula is C18H20F3N5O2. The minimum atomic E-state index is -4.41. The molecule has 0 bridgehead atoms.